The summed E-state index contributed by atoms with van der Waals surface area (Å²) >= 11 is 0. The summed E-state index contributed by atoms with van der Waals surface area (Å²) in [6, 6.07) is 14.0. The largest absolute Gasteiger partial charge is 0.441 e. The topological polar surface area (TPSA) is 69.9 Å². The Labute approximate surface area is 181 Å². The highest BCUT2D eigenvalue weighted by Crippen LogP contribution is 2.29. The zero-order chi connectivity index (χ0) is 21.5. The number of carbonyl (C=O) groups excluding carboxylic acids is 2. The maximum absolute atomic E-state index is 13.1. The van der Waals surface area contributed by atoms with Gasteiger partial charge in [-0.2, -0.15) is 0 Å². The third kappa shape index (κ3) is 3.76. The van der Waals surface area contributed by atoms with E-state index < -0.39 is 0 Å². The number of oxazole rings is 1. The number of rotatable bonds is 3. The molecule has 0 saturated carbocycles. The van der Waals surface area contributed by atoms with Gasteiger partial charge in [0, 0.05) is 57.4 Å². The first-order chi connectivity index (χ1) is 15.0. The van der Waals surface area contributed by atoms with Crippen molar-refractivity contribution in [3.63, 3.8) is 0 Å². The maximum atomic E-state index is 13.1. The molecule has 3 heterocycles. The fraction of sp³-hybridized carbons (Fsp3) is 0.375. The minimum absolute atomic E-state index is 0.0174. The SMILES string of the molecule is Cc1ccc(N2CCN(C(=O)C3CC(=O)N(c4ccc5oc(C)nc5c4)C3)CC2)cc1. The van der Waals surface area contributed by atoms with Crippen LogP contribution >= 0.6 is 0 Å². The number of hydrogen-bond acceptors (Lipinski definition) is 5. The number of benzene rings is 2. The van der Waals surface area contributed by atoms with E-state index in [0.29, 0.717) is 31.1 Å². The molecule has 2 aromatic carbocycles. The van der Waals surface area contributed by atoms with Crippen LogP contribution in [0.3, 0.4) is 0 Å². The lowest BCUT2D eigenvalue weighted by atomic mass is 10.1. The summed E-state index contributed by atoms with van der Waals surface area (Å²) in [4.78, 5) is 36.1. The van der Waals surface area contributed by atoms with Crippen LogP contribution in [0.4, 0.5) is 11.4 Å². The second kappa shape index (κ2) is 7.72. The maximum Gasteiger partial charge on any atom is 0.228 e. The van der Waals surface area contributed by atoms with E-state index in [1.165, 1.54) is 11.3 Å². The first-order valence-corrected chi connectivity index (χ1v) is 10.8. The van der Waals surface area contributed by atoms with E-state index in [-0.39, 0.29) is 24.2 Å². The predicted molar refractivity (Wildman–Crippen MR) is 119 cm³/mol. The number of hydrogen-bond donors (Lipinski definition) is 0. The van der Waals surface area contributed by atoms with Gasteiger partial charge in [0.25, 0.3) is 0 Å². The highest BCUT2D eigenvalue weighted by Gasteiger charge is 2.38. The number of carbonyl (C=O) groups is 2. The molecule has 0 spiro atoms. The molecular weight excluding hydrogens is 392 g/mol. The molecule has 3 aromatic rings. The highest BCUT2D eigenvalue weighted by atomic mass is 16.3. The number of piperazine rings is 1. The molecule has 1 atom stereocenters. The lowest BCUT2D eigenvalue weighted by Crippen LogP contribution is -2.50. The molecule has 1 unspecified atom stereocenters. The molecule has 0 N–H and O–H groups in total. The Morgan fingerprint density at radius 2 is 1.71 bits per heavy atom. The molecule has 2 saturated heterocycles. The van der Waals surface area contributed by atoms with Crippen LogP contribution in [0.5, 0.6) is 0 Å². The summed E-state index contributed by atoms with van der Waals surface area (Å²) in [7, 11) is 0. The summed E-state index contributed by atoms with van der Waals surface area (Å²) in [6.07, 6.45) is 0.257. The number of anilines is 2. The van der Waals surface area contributed by atoms with Crippen LogP contribution < -0.4 is 9.80 Å². The first kappa shape index (κ1) is 19.6. The molecule has 31 heavy (non-hydrogen) atoms. The summed E-state index contributed by atoms with van der Waals surface area (Å²) < 4.78 is 5.52. The van der Waals surface area contributed by atoms with Gasteiger partial charge < -0.3 is 19.1 Å². The molecule has 2 fully saturated rings. The van der Waals surface area contributed by atoms with Crippen molar-refractivity contribution >= 4 is 34.3 Å². The van der Waals surface area contributed by atoms with Crippen molar-refractivity contribution < 1.29 is 14.0 Å². The minimum atomic E-state index is -0.298. The van der Waals surface area contributed by atoms with Gasteiger partial charge in [0.05, 0.1) is 5.92 Å². The molecular formula is C24H26N4O3. The van der Waals surface area contributed by atoms with Crippen molar-refractivity contribution in [3.05, 3.63) is 53.9 Å². The van der Waals surface area contributed by atoms with Crippen molar-refractivity contribution in [2.75, 3.05) is 42.5 Å². The van der Waals surface area contributed by atoms with E-state index in [1.807, 2.05) is 23.1 Å². The molecule has 0 bridgehead atoms. The van der Waals surface area contributed by atoms with Gasteiger partial charge in [-0.05, 0) is 37.3 Å². The van der Waals surface area contributed by atoms with E-state index >= 15 is 0 Å². The molecule has 7 heteroatoms. The van der Waals surface area contributed by atoms with Crippen molar-refractivity contribution in [1.29, 1.82) is 0 Å². The van der Waals surface area contributed by atoms with Gasteiger partial charge >= 0.3 is 0 Å². The Kier molecular flexibility index (Phi) is 4.88. The third-order valence-electron chi connectivity index (χ3n) is 6.25. The predicted octanol–water partition coefficient (Wildman–Crippen LogP) is 3.15. The standard InChI is InChI=1S/C24H26N4O3/c1-16-3-5-19(6-4-16)26-9-11-27(12-10-26)24(30)18-13-23(29)28(15-18)20-7-8-22-21(14-20)25-17(2)31-22/h3-8,14,18H,9-13,15H2,1-2H3. The Morgan fingerprint density at radius 3 is 2.45 bits per heavy atom. The first-order valence-electron chi connectivity index (χ1n) is 10.8. The molecule has 5 rings (SSSR count). The lowest BCUT2D eigenvalue weighted by molar-refractivity contribution is -0.136. The van der Waals surface area contributed by atoms with Crippen molar-refractivity contribution in [2.24, 2.45) is 5.92 Å². The highest BCUT2D eigenvalue weighted by molar-refractivity contribution is 6.01. The Balaban J connectivity index is 1.23. The molecule has 2 aliphatic heterocycles. The van der Waals surface area contributed by atoms with Crippen LogP contribution in [0.25, 0.3) is 11.1 Å². The summed E-state index contributed by atoms with van der Waals surface area (Å²) in [5.74, 6) is 0.361. The number of nitrogens with zero attached hydrogens (tertiary/aromatic N) is 4. The quantitative estimate of drug-likeness (QED) is 0.654. The summed E-state index contributed by atoms with van der Waals surface area (Å²) in [5, 5.41) is 0. The Bertz CT molecular complexity index is 1130. The van der Waals surface area contributed by atoms with E-state index in [4.69, 9.17) is 4.42 Å². The molecule has 2 amide bonds. The van der Waals surface area contributed by atoms with Crippen LogP contribution in [-0.4, -0.2) is 54.4 Å². The molecule has 0 aliphatic carbocycles. The fourth-order valence-electron chi connectivity index (χ4n) is 4.52. The fourth-order valence-corrected chi connectivity index (χ4v) is 4.52. The van der Waals surface area contributed by atoms with Gasteiger partial charge in [-0.25, -0.2) is 4.98 Å². The van der Waals surface area contributed by atoms with Crippen molar-refractivity contribution in [3.8, 4) is 0 Å². The number of aryl methyl sites for hydroxylation is 2. The number of aromatic nitrogens is 1. The van der Waals surface area contributed by atoms with Crippen LogP contribution in [-0.2, 0) is 9.59 Å². The number of fused-ring (bicyclic) bond motifs is 1. The number of amides is 2. The van der Waals surface area contributed by atoms with Gasteiger partial charge in [0.1, 0.15) is 5.52 Å². The second-order valence-electron chi connectivity index (χ2n) is 8.44. The molecule has 160 valence electrons. The van der Waals surface area contributed by atoms with Gasteiger partial charge in [0.15, 0.2) is 11.5 Å². The monoisotopic (exact) mass is 418 g/mol. The molecule has 1 aromatic heterocycles. The van der Waals surface area contributed by atoms with E-state index in [0.717, 1.165) is 24.3 Å². The minimum Gasteiger partial charge on any atom is -0.441 e. The second-order valence-corrected chi connectivity index (χ2v) is 8.44. The average molecular weight is 418 g/mol. The van der Waals surface area contributed by atoms with E-state index in [9.17, 15) is 9.59 Å². The Hall–Kier alpha value is -3.35. The van der Waals surface area contributed by atoms with Gasteiger partial charge in [0.2, 0.25) is 11.8 Å². The smallest absolute Gasteiger partial charge is 0.228 e. The van der Waals surface area contributed by atoms with Gasteiger partial charge in [-0.3, -0.25) is 9.59 Å². The van der Waals surface area contributed by atoms with E-state index in [1.54, 1.807) is 11.8 Å². The van der Waals surface area contributed by atoms with E-state index in [2.05, 4.69) is 41.1 Å². The third-order valence-corrected chi connectivity index (χ3v) is 6.25. The Morgan fingerprint density at radius 1 is 1.00 bits per heavy atom. The zero-order valence-corrected chi connectivity index (χ0v) is 17.9. The van der Waals surface area contributed by atoms with Crippen LogP contribution in [0.15, 0.2) is 46.9 Å². The van der Waals surface area contributed by atoms with Crippen LogP contribution in [0, 0.1) is 19.8 Å². The zero-order valence-electron chi connectivity index (χ0n) is 17.9. The molecule has 0 radical (unpaired) electrons. The molecule has 2 aliphatic rings. The normalized spacial score (nSPS) is 19.5. The van der Waals surface area contributed by atoms with Crippen molar-refractivity contribution in [2.45, 2.75) is 20.3 Å². The van der Waals surface area contributed by atoms with Crippen molar-refractivity contribution in [1.82, 2.24) is 9.88 Å². The average Bonchev–Trinajstić information content (AvgIpc) is 3.35. The van der Waals surface area contributed by atoms with Gasteiger partial charge in [-0.1, -0.05) is 17.7 Å². The summed E-state index contributed by atoms with van der Waals surface area (Å²) in [6.45, 7) is 7.27. The van der Waals surface area contributed by atoms with Gasteiger partial charge in [-0.15, -0.1) is 0 Å². The van der Waals surface area contributed by atoms with Crippen LogP contribution in [0.2, 0.25) is 0 Å². The summed E-state index contributed by atoms with van der Waals surface area (Å²) in [5.41, 5.74) is 4.63. The lowest BCUT2D eigenvalue weighted by Gasteiger charge is -2.37. The van der Waals surface area contributed by atoms with Crippen LogP contribution in [0.1, 0.15) is 17.9 Å². The molecule has 7 nitrogen and oxygen atoms in total.